The minimum atomic E-state index is -0.168. The first-order valence-electron chi connectivity index (χ1n) is 27.1. The van der Waals surface area contributed by atoms with Crippen LogP contribution in [0, 0.1) is 6.92 Å². The highest BCUT2D eigenvalue weighted by Gasteiger charge is 2.47. The monoisotopic (exact) mass is 956 g/mol. The number of hydrogen-bond donors (Lipinski definition) is 0. The van der Waals surface area contributed by atoms with Gasteiger partial charge >= 0.3 is 6.85 Å². The van der Waals surface area contributed by atoms with Gasteiger partial charge in [0.05, 0.1) is 0 Å². The quantitative estimate of drug-likeness (QED) is 0.113. The van der Waals surface area contributed by atoms with Gasteiger partial charge in [0.15, 0.2) is 0 Å². The third-order valence-electron chi connectivity index (χ3n) is 16.5. The number of para-hydroxylation sites is 1. The van der Waals surface area contributed by atoms with Gasteiger partial charge in [-0.3, -0.25) is 0 Å². The van der Waals surface area contributed by atoms with Crippen LogP contribution in [-0.2, 0) is 18.3 Å². The molecule has 3 nitrogen and oxygen atoms in total. The minimum Gasteiger partial charge on any atom is -0.376 e. The Morgan fingerprint density at radius 2 is 1.14 bits per heavy atom. The lowest BCUT2D eigenvalue weighted by Gasteiger charge is -2.47. The average Bonchev–Trinajstić information content (AvgIpc) is 3.68. The maximum atomic E-state index is 2.73. The molecular weight excluding hydrogens is 894 g/mol. The molecule has 0 aromatic heterocycles. The third kappa shape index (κ3) is 7.48. The van der Waals surface area contributed by atoms with Gasteiger partial charge in [-0.1, -0.05) is 186 Å². The zero-order valence-electron chi connectivity index (χ0n) is 43.4. The summed E-state index contributed by atoms with van der Waals surface area (Å²) in [5.74, 6) is 0. The Balaban J connectivity index is 1.12. The summed E-state index contributed by atoms with van der Waals surface area (Å²) in [6, 6.07) is 80.9. The molecule has 360 valence electrons. The van der Waals surface area contributed by atoms with Crippen LogP contribution < -0.4 is 25.5 Å². The van der Waals surface area contributed by atoms with Crippen LogP contribution in [0.1, 0.15) is 81.2 Å². The second-order valence-corrected chi connectivity index (χ2v) is 21.4. The standard InChI is InChI=1S/C70H62BN3/c1-6-8-20-48-30-34-54(35-31-48)72(53-25-14-11-15-26-53)55-37-40-64-66(46-55)73(65-41-32-49(21-9-7-2)42-47(65)3)67-44-52(50-22-12-10-13-23-50)43-61-60-38-33-51-24-16-17-27-57(51)69(60)74(71(64)68(61)67)56-36-39-59-58-28-18-19-29-62(58)70(4,5)63(59)45-56/h10-19,22-46H,6-9,20-21H2,1-5H3. The molecule has 1 aliphatic carbocycles. The summed E-state index contributed by atoms with van der Waals surface area (Å²) in [5.41, 5.74) is 26.3. The highest BCUT2D eigenvalue weighted by molar-refractivity contribution is 6.94. The summed E-state index contributed by atoms with van der Waals surface area (Å²) >= 11 is 0. The number of benzene rings is 10. The maximum Gasteiger partial charge on any atom is 0.333 e. The van der Waals surface area contributed by atoms with Crippen molar-refractivity contribution in [2.45, 2.75) is 78.6 Å². The fourth-order valence-electron chi connectivity index (χ4n) is 12.7. The van der Waals surface area contributed by atoms with Crippen LogP contribution in [0.4, 0.5) is 45.5 Å². The molecule has 0 atom stereocenters. The number of hydrogen-bond acceptors (Lipinski definition) is 3. The molecule has 4 heteroatoms. The molecule has 10 aromatic rings. The van der Waals surface area contributed by atoms with Crippen LogP contribution in [0.25, 0.3) is 44.2 Å². The number of nitrogens with zero attached hydrogens (tertiary/aromatic N) is 3. The van der Waals surface area contributed by atoms with E-state index in [1.54, 1.807) is 0 Å². The van der Waals surface area contributed by atoms with E-state index in [9.17, 15) is 0 Å². The van der Waals surface area contributed by atoms with E-state index in [2.05, 4.69) is 262 Å². The molecule has 0 bridgehead atoms. The molecular formula is C70H62BN3. The fourth-order valence-corrected chi connectivity index (χ4v) is 12.7. The lowest BCUT2D eigenvalue weighted by Crippen LogP contribution is -2.61. The van der Waals surface area contributed by atoms with Gasteiger partial charge in [0.25, 0.3) is 0 Å². The molecule has 0 saturated carbocycles. The molecule has 0 amide bonds. The summed E-state index contributed by atoms with van der Waals surface area (Å²) in [7, 11) is 0. The molecule has 2 aliphatic heterocycles. The van der Waals surface area contributed by atoms with E-state index in [0.717, 1.165) is 29.9 Å². The Bertz CT molecular complexity index is 3760. The molecule has 0 spiro atoms. The van der Waals surface area contributed by atoms with E-state index in [-0.39, 0.29) is 12.3 Å². The van der Waals surface area contributed by atoms with Gasteiger partial charge in [0.2, 0.25) is 0 Å². The van der Waals surface area contributed by atoms with E-state index in [4.69, 9.17) is 0 Å². The molecule has 0 saturated heterocycles. The number of fused-ring (bicyclic) bond motifs is 9. The van der Waals surface area contributed by atoms with Gasteiger partial charge in [0, 0.05) is 61.9 Å². The van der Waals surface area contributed by atoms with Crippen LogP contribution in [0.2, 0.25) is 0 Å². The molecule has 0 N–H and O–H groups in total. The molecule has 10 aromatic carbocycles. The van der Waals surface area contributed by atoms with Crippen molar-refractivity contribution in [1.82, 2.24) is 0 Å². The van der Waals surface area contributed by atoms with Gasteiger partial charge in [0.1, 0.15) is 0 Å². The van der Waals surface area contributed by atoms with Crippen molar-refractivity contribution in [1.29, 1.82) is 0 Å². The first-order chi connectivity index (χ1) is 36.3. The van der Waals surface area contributed by atoms with Gasteiger partial charge in [-0.15, -0.1) is 0 Å². The SMILES string of the molecule is CCCCc1ccc(N(c2ccccc2)c2ccc3c(c2)N(c2ccc(CCCC)cc2C)c2cc(-c4ccccc4)cc4c2B3N(c2ccc3c(c2)C(C)(C)c2ccccc2-3)c2c-4ccc3ccccc23)cc1. The van der Waals surface area contributed by atoms with Crippen molar-refractivity contribution in [3.8, 4) is 33.4 Å². The maximum absolute atomic E-state index is 2.73. The summed E-state index contributed by atoms with van der Waals surface area (Å²) in [6.07, 6.45) is 6.87. The number of anilines is 8. The molecule has 74 heavy (non-hydrogen) atoms. The first kappa shape index (κ1) is 45.8. The predicted molar refractivity (Wildman–Crippen MR) is 317 cm³/mol. The third-order valence-corrected chi connectivity index (χ3v) is 16.5. The molecule has 3 aliphatic rings. The van der Waals surface area contributed by atoms with Crippen molar-refractivity contribution in [3.63, 3.8) is 0 Å². The zero-order chi connectivity index (χ0) is 50.1. The van der Waals surface area contributed by atoms with Crippen molar-refractivity contribution < 1.29 is 0 Å². The van der Waals surface area contributed by atoms with Crippen LogP contribution in [-0.4, -0.2) is 6.85 Å². The summed E-state index contributed by atoms with van der Waals surface area (Å²) in [4.78, 5) is 7.81. The van der Waals surface area contributed by atoms with E-state index < -0.39 is 0 Å². The normalized spacial score (nSPS) is 13.6. The largest absolute Gasteiger partial charge is 0.376 e. The second-order valence-electron chi connectivity index (χ2n) is 21.4. The molecule has 0 fully saturated rings. The van der Waals surface area contributed by atoms with Gasteiger partial charge < -0.3 is 14.6 Å². The predicted octanol–water partition coefficient (Wildman–Crippen LogP) is 18.0. The Hall–Kier alpha value is -8.08. The van der Waals surface area contributed by atoms with Crippen LogP contribution in [0.3, 0.4) is 0 Å². The minimum absolute atomic E-state index is 0.166. The summed E-state index contributed by atoms with van der Waals surface area (Å²) < 4.78 is 0. The van der Waals surface area contributed by atoms with E-state index in [1.165, 1.54) is 137 Å². The average molecular weight is 956 g/mol. The lowest BCUT2D eigenvalue weighted by atomic mass is 9.43. The number of aryl methyl sites for hydroxylation is 3. The molecule has 13 rings (SSSR count). The summed E-state index contributed by atoms with van der Waals surface area (Å²) in [6.45, 7) is 11.5. The summed E-state index contributed by atoms with van der Waals surface area (Å²) in [5, 5.41) is 2.49. The van der Waals surface area contributed by atoms with Crippen LogP contribution in [0.15, 0.2) is 212 Å². The van der Waals surface area contributed by atoms with E-state index >= 15 is 0 Å². The zero-order valence-corrected chi connectivity index (χ0v) is 43.4. The van der Waals surface area contributed by atoms with Crippen molar-refractivity contribution >= 4 is 74.0 Å². The fraction of sp³-hybridized carbons (Fsp3) is 0.171. The van der Waals surface area contributed by atoms with Crippen molar-refractivity contribution in [2.24, 2.45) is 0 Å². The number of rotatable bonds is 12. The molecule has 0 unspecified atom stereocenters. The topological polar surface area (TPSA) is 9.72 Å². The lowest BCUT2D eigenvalue weighted by molar-refractivity contribution is 0.660. The Morgan fingerprint density at radius 1 is 0.473 bits per heavy atom. The number of unbranched alkanes of at least 4 members (excludes halogenated alkanes) is 2. The van der Waals surface area contributed by atoms with E-state index in [0.29, 0.717) is 0 Å². The Labute approximate surface area is 438 Å². The van der Waals surface area contributed by atoms with Crippen LogP contribution in [0.5, 0.6) is 0 Å². The smallest absolute Gasteiger partial charge is 0.333 e. The van der Waals surface area contributed by atoms with Crippen LogP contribution >= 0.6 is 0 Å². The van der Waals surface area contributed by atoms with Crippen molar-refractivity contribution in [2.75, 3.05) is 14.6 Å². The molecule has 2 heterocycles. The second kappa shape index (κ2) is 18.4. The van der Waals surface area contributed by atoms with Gasteiger partial charge in [-0.2, -0.15) is 0 Å². The first-order valence-corrected chi connectivity index (χ1v) is 27.1. The van der Waals surface area contributed by atoms with Gasteiger partial charge in [-0.05, 0) is 171 Å². The highest BCUT2D eigenvalue weighted by atomic mass is 15.2. The van der Waals surface area contributed by atoms with Crippen molar-refractivity contribution in [3.05, 3.63) is 240 Å². The van der Waals surface area contributed by atoms with Gasteiger partial charge in [-0.25, -0.2) is 0 Å². The molecule has 0 radical (unpaired) electrons. The Morgan fingerprint density at radius 3 is 1.92 bits per heavy atom. The highest BCUT2D eigenvalue weighted by Crippen LogP contribution is 2.54. The Kier molecular flexibility index (Phi) is 11.4. The van der Waals surface area contributed by atoms with E-state index in [1.807, 2.05) is 0 Å².